The Labute approximate surface area is 133 Å². The zero-order valence-corrected chi connectivity index (χ0v) is 13.4. The van der Waals surface area contributed by atoms with Gasteiger partial charge in [-0.3, -0.25) is 4.90 Å². The van der Waals surface area contributed by atoms with Crippen LogP contribution in [0.5, 0.6) is 5.75 Å². The molecular weight excluding hydrogens is 270 g/mol. The summed E-state index contributed by atoms with van der Waals surface area (Å²) in [4.78, 5) is 2.63. The van der Waals surface area contributed by atoms with E-state index in [0.717, 1.165) is 12.2 Å². The minimum atomic E-state index is 0.402. The quantitative estimate of drug-likeness (QED) is 0.807. The van der Waals surface area contributed by atoms with Gasteiger partial charge in [0, 0.05) is 11.6 Å². The topological polar surface area (TPSA) is 12.5 Å². The molecule has 0 bridgehead atoms. The SMILES string of the molecule is COc1ccccc1C(Cc1ccccc1)N1CCCCC1. The van der Waals surface area contributed by atoms with Crippen molar-refractivity contribution >= 4 is 0 Å². The summed E-state index contributed by atoms with van der Waals surface area (Å²) >= 11 is 0. The lowest BCUT2D eigenvalue weighted by atomic mass is 9.94. The summed E-state index contributed by atoms with van der Waals surface area (Å²) < 4.78 is 5.63. The average molecular weight is 295 g/mol. The number of piperidine rings is 1. The summed E-state index contributed by atoms with van der Waals surface area (Å²) in [6.45, 7) is 2.38. The van der Waals surface area contributed by atoms with E-state index in [1.54, 1.807) is 7.11 Å². The number of nitrogens with zero attached hydrogens (tertiary/aromatic N) is 1. The number of methoxy groups -OCH3 is 1. The summed E-state index contributed by atoms with van der Waals surface area (Å²) in [6, 6.07) is 19.7. The van der Waals surface area contributed by atoms with Gasteiger partial charge in [-0.25, -0.2) is 0 Å². The maximum absolute atomic E-state index is 5.63. The number of benzene rings is 2. The number of hydrogen-bond acceptors (Lipinski definition) is 2. The maximum Gasteiger partial charge on any atom is 0.123 e. The van der Waals surface area contributed by atoms with E-state index in [-0.39, 0.29) is 0 Å². The molecule has 3 rings (SSSR count). The van der Waals surface area contributed by atoms with Crippen LogP contribution in [0.2, 0.25) is 0 Å². The Morgan fingerprint density at radius 2 is 1.59 bits per heavy atom. The van der Waals surface area contributed by atoms with E-state index in [1.165, 1.54) is 43.5 Å². The first-order valence-corrected chi connectivity index (χ1v) is 8.29. The molecule has 1 unspecified atom stereocenters. The summed E-state index contributed by atoms with van der Waals surface area (Å²) in [7, 11) is 1.77. The smallest absolute Gasteiger partial charge is 0.123 e. The summed E-state index contributed by atoms with van der Waals surface area (Å²) in [5.74, 6) is 1.01. The molecule has 0 saturated carbocycles. The predicted octanol–water partition coefficient (Wildman–Crippen LogP) is 4.46. The van der Waals surface area contributed by atoms with Gasteiger partial charge in [-0.05, 0) is 44.0 Å². The third-order valence-corrected chi connectivity index (χ3v) is 4.60. The highest BCUT2D eigenvalue weighted by Gasteiger charge is 2.24. The fourth-order valence-corrected chi connectivity index (χ4v) is 3.44. The summed E-state index contributed by atoms with van der Waals surface area (Å²) in [6.07, 6.45) is 5.02. The monoisotopic (exact) mass is 295 g/mol. The Morgan fingerprint density at radius 3 is 2.32 bits per heavy atom. The van der Waals surface area contributed by atoms with Gasteiger partial charge in [-0.1, -0.05) is 55.0 Å². The molecule has 0 spiro atoms. The second kappa shape index (κ2) is 7.46. The molecule has 2 heteroatoms. The van der Waals surface area contributed by atoms with Crippen molar-refractivity contribution in [2.75, 3.05) is 20.2 Å². The Hall–Kier alpha value is -1.80. The normalized spacial score (nSPS) is 17.1. The Kier molecular flexibility index (Phi) is 5.12. The number of likely N-dealkylation sites (tertiary alicyclic amines) is 1. The van der Waals surface area contributed by atoms with Gasteiger partial charge in [0.25, 0.3) is 0 Å². The molecule has 22 heavy (non-hydrogen) atoms. The molecule has 0 aromatic heterocycles. The third kappa shape index (κ3) is 3.50. The molecule has 0 N–H and O–H groups in total. The van der Waals surface area contributed by atoms with Crippen LogP contribution >= 0.6 is 0 Å². The van der Waals surface area contributed by atoms with Gasteiger partial charge in [0.15, 0.2) is 0 Å². The van der Waals surface area contributed by atoms with Crippen molar-refractivity contribution in [1.29, 1.82) is 0 Å². The first-order chi connectivity index (χ1) is 10.9. The summed E-state index contributed by atoms with van der Waals surface area (Å²) in [5, 5.41) is 0. The fraction of sp³-hybridized carbons (Fsp3) is 0.400. The van der Waals surface area contributed by atoms with E-state index < -0.39 is 0 Å². The number of rotatable bonds is 5. The van der Waals surface area contributed by atoms with Crippen molar-refractivity contribution in [2.24, 2.45) is 0 Å². The van der Waals surface area contributed by atoms with Crippen LogP contribution in [0.15, 0.2) is 54.6 Å². The van der Waals surface area contributed by atoms with Crippen LogP contribution in [0, 0.1) is 0 Å². The first-order valence-electron chi connectivity index (χ1n) is 8.29. The minimum absolute atomic E-state index is 0.402. The second-order valence-corrected chi connectivity index (χ2v) is 6.04. The van der Waals surface area contributed by atoms with Crippen LogP contribution in [0.4, 0.5) is 0 Å². The maximum atomic E-state index is 5.63. The van der Waals surface area contributed by atoms with Crippen LogP contribution < -0.4 is 4.74 Å². The van der Waals surface area contributed by atoms with Crippen molar-refractivity contribution in [2.45, 2.75) is 31.7 Å². The van der Waals surface area contributed by atoms with Crippen LogP contribution in [0.3, 0.4) is 0 Å². The standard InChI is InChI=1S/C20H25NO/c1-22-20-13-7-6-12-18(20)19(21-14-8-3-9-15-21)16-17-10-4-2-5-11-17/h2,4-7,10-13,19H,3,8-9,14-16H2,1H3. The molecule has 1 fully saturated rings. The zero-order valence-electron chi connectivity index (χ0n) is 13.4. The molecule has 1 heterocycles. The number of ether oxygens (including phenoxy) is 1. The highest BCUT2D eigenvalue weighted by molar-refractivity contribution is 5.37. The third-order valence-electron chi connectivity index (χ3n) is 4.60. The van der Waals surface area contributed by atoms with Gasteiger partial charge in [-0.15, -0.1) is 0 Å². The van der Waals surface area contributed by atoms with Crippen molar-refractivity contribution < 1.29 is 4.74 Å². The largest absolute Gasteiger partial charge is 0.496 e. The lowest BCUT2D eigenvalue weighted by molar-refractivity contribution is 0.159. The van der Waals surface area contributed by atoms with Crippen molar-refractivity contribution in [1.82, 2.24) is 4.90 Å². The molecule has 2 nitrogen and oxygen atoms in total. The average Bonchev–Trinajstić information content (AvgIpc) is 2.61. The van der Waals surface area contributed by atoms with Gasteiger partial charge in [0.2, 0.25) is 0 Å². The van der Waals surface area contributed by atoms with Crippen molar-refractivity contribution in [3.8, 4) is 5.75 Å². The Morgan fingerprint density at radius 1 is 0.909 bits per heavy atom. The van der Waals surface area contributed by atoms with Crippen LogP contribution in [-0.4, -0.2) is 25.1 Å². The van der Waals surface area contributed by atoms with E-state index in [1.807, 2.05) is 0 Å². The number of para-hydroxylation sites is 1. The molecule has 1 aliphatic rings. The van der Waals surface area contributed by atoms with E-state index in [9.17, 15) is 0 Å². The van der Waals surface area contributed by atoms with E-state index in [4.69, 9.17) is 4.74 Å². The molecule has 2 aromatic carbocycles. The lowest BCUT2D eigenvalue weighted by Crippen LogP contribution is -2.35. The second-order valence-electron chi connectivity index (χ2n) is 6.04. The zero-order chi connectivity index (χ0) is 15.2. The van der Waals surface area contributed by atoms with Gasteiger partial charge < -0.3 is 4.74 Å². The van der Waals surface area contributed by atoms with Gasteiger partial charge >= 0.3 is 0 Å². The Balaban J connectivity index is 1.91. The van der Waals surface area contributed by atoms with Crippen molar-refractivity contribution in [3.05, 3.63) is 65.7 Å². The van der Waals surface area contributed by atoms with Crippen LogP contribution in [0.1, 0.15) is 36.4 Å². The Bertz CT molecular complexity index is 575. The predicted molar refractivity (Wildman–Crippen MR) is 91.3 cm³/mol. The molecule has 1 saturated heterocycles. The molecular formula is C20H25NO. The summed E-state index contributed by atoms with van der Waals surface area (Å²) in [5.41, 5.74) is 2.71. The lowest BCUT2D eigenvalue weighted by Gasteiger charge is -2.35. The molecule has 116 valence electrons. The van der Waals surface area contributed by atoms with E-state index in [0.29, 0.717) is 6.04 Å². The van der Waals surface area contributed by atoms with Gasteiger partial charge in [-0.2, -0.15) is 0 Å². The van der Waals surface area contributed by atoms with E-state index in [2.05, 4.69) is 59.5 Å². The molecule has 2 aromatic rings. The molecule has 0 radical (unpaired) electrons. The number of hydrogen-bond donors (Lipinski definition) is 0. The highest BCUT2D eigenvalue weighted by Crippen LogP contribution is 2.33. The fourth-order valence-electron chi connectivity index (χ4n) is 3.44. The van der Waals surface area contributed by atoms with Gasteiger partial charge in [0.1, 0.15) is 5.75 Å². The molecule has 1 aliphatic heterocycles. The molecule has 0 aliphatic carbocycles. The van der Waals surface area contributed by atoms with Crippen LogP contribution in [0.25, 0.3) is 0 Å². The minimum Gasteiger partial charge on any atom is -0.496 e. The van der Waals surface area contributed by atoms with Gasteiger partial charge in [0.05, 0.1) is 7.11 Å². The van der Waals surface area contributed by atoms with Crippen LogP contribution in [-0.2, 0) is 6.42 Å². The highest BCUT2D eigenvalue weighted by atomic mass is 16.5. The first kappa shape index (κ1) is 15.1. The molecule has 1 atom stereocenters. The molecule has 0 amide bonds. The van der Waals surface area contributed by atoms with Crippen molar-refractivity contribution in [3.63, 3.8) is 0 Å². The van der Waals surface area contributed by atoms with E-state index >= 15 is 0 Å².